The van der Waals surface area contributed by atoms with Crippen molar-refractivity contribution in [2.24, 2.45) is 5.92 Å². The number of rotatable bonds is 11. The third-order valence-electron chi connectivity index (χ3n) is 5.20. The van der Waals surface area contributed by atoms with Gasteiger partial charge in [0.15, 0.2) is 20.3 Å². The Kier molecular flexibility index (Phi) is 8.52. The molecule has 3 aromatic rings. The van der Waals surface area contributed by atoms with Gasteiger partial charge in [-0.05, 0) is 36.5 Å². The Morgan fingerprint density at radius 3 is 2.91 bits per heavy atom. The zero-order valence-electron chi connectivity index (χ0n) is 19.1. The van der Waals surface area contributed by atoms with E-state index in [1.165, 1.54) is 0 Å². The lowest BCUT2D eigenvalue weighted by Gasteiger charge is -2.16. The first-order valence-corrected chi connectivity index (χ1v) is 12.9. The van der Waals surface area contributed by atoms with E-state index in [4.69, 9.17) is 35.6 Å². The largest absolute Gasteiger partial charge is 0.463 e. The zero-order valence-corrected chi connectivity index (χ0v) is 20.7. The maximum absolute atomic E-state index is 9.01. The number of hydrogen-bond donors (Lipinski definition) is 3. The van der Waals surface area contributed by atoms with Crippen LogP contribution >= 0.6 is 20.0 Å². The Balaban J connectivity index is 1.55. The molecular weight excluding hydrogens is 481 g/mol. The lowest BCUT2D eigenvalue weighted by Crippen LogP contribution is -2.18. The highest BCUT2D eigenvalue weighted by molar-refractivity contribution is 7.44. The second-order valence-electron chi connectivity index (χ2n) is 8.53. The van der Waals surface area contributed by atoms with Gasteiger partial charge in [0.2, 0.25) is 0 Å². The maximum atomic E-state index is 9.01. The molecule has 2 unspecified atom stereocenters. The Morgan fingerprint density at radius 2 is 2.15 bits per heavy atom. The number of ether oxygens (including phenoxy) is 3. The van der Waals surface area contributed by atoms with Crippen molar-refractivity contribution in [2.75, 3.05) is 24.9 Å². The number of halogens is 1. The van der Waals surface area contributed by atoms with Crippen molar-refractivity contribution in [3.8, 4) is 6.01 Å². The molecule has 12 heteroatoms. The minimum Gasteiger partial charge on any atom is -0.463 e. The van der Waals surface area contributed by atoms with E-state index in [0.29, 0.717) is 42.2 Å². The summed E-state index contributed by atoms with van der Waals surface area (Å²) in [6.07, 6.45) is 2.66. The van der Waals surface area contributed by atoms with Crippen molar-refractivity contribution in [3.05, 3.63) is 41.0 Å². The van der Waals surface area contributed by atoms with E-state index in [-0.39, 0.29) is 24.7 Å². The van der Waals surface area contributed by atoms with Gasteiger partial charge in [0.05, 0.1) is 30.9 Å². The van der Waals surface area contributed by atoms with Crippen LogP contribution in [0.1, 0.15) is 38.5 Å². The molecule has 34 heavy (non-hydrogen) atoms. The second kappa shape index (κ2) is 11.6. The Bertz CT molecular complexity index is 1100. The smallest absolute Gasteiger partial charge is 0.320 e. The number of fused-ring (bicyclic) bond motifs is 1. The van der Waals surface area contributed by atoms with E-state index in [0.717, 1.165) is 23.8 Å². The molecule has 3 heterocycles. The number of nitrogens with zero attached hydrogens (tertiary/aromatic N) is 4. The van der Waals surface area contributed by atoms with Gasteiger partial charge in [0, 0.05) is 11.6 Å². The molecule has 1 aliphatic heterocycles. The third kappa shape index (κ3) is 6.53. The summed E-state index contributed by atoms with van der Waals surface area (Å²) in [4.78, 5) is 27.2. The van der Waals surface area contributed by atoms with Crippen LogP contribution in [0.2, 0.25) is 5.02 Å². The van der Waals surface area contributed by atoms with Crippen LogP contribution in [0.3, 0.4) is 0 Å². The van der Waals surface area contributed by atoms with Gasteiger partial charge in [0.25, 0.3) is 0 Å². The number of nitrogens with one attached hydrogen (secondary N) is 1. The summed E-state index contributed by atoms with van der Waals surface area (Å²) >= 11 is 6.12. The number of hydrogen-bond acceptors (Lipinski definition) is 9. The summed E-state index contributed by atoms with van der Waals surface area (Å²) in [5, 5.41) is 9.33. The van der Waals surface area contributed by atoms with Crippen molar-refractivity contribution in [1.82, 2.24) is 19.7 Å². The summed E-state index contributed by atoms with van der Waals surface area (Å²) in [6.45, 7) is 5.43. The first-order valence-electron chi connectivity index (χ1n) is 11.1. The molecule has 1 aromatic carbocycles. The predicted octanol–water partition coefficient (Wildman–Crippen LogP) is 4.07. The van der Waals surface area contributed by atoms with Crippen molar-refractivity contribution < 1.29 is 24.0 Å². The molecule has 0 spiro atoms. The highest BCUT2D eigenvalue weighted by Gasteiger charge is 2.29. The SMILES string of the molecule is CC(C)COc1nc(NCc2cccc(Cl)c2)c2cnn(C3CCC(COCP(O)O)O3)c2n1. The molecule has 0 bridgehead atoms. The van der Waals surface area contributed by atoms with Gasteiger partial charge < -0.3 is 29.3 Å². The first-order chi connectivity index (χ1) is 16.4. The average Bonchev–Trinajstić information content (AvgIpc) is 3.43. The Morgan fingerprint density at radius 1 is 1.29 bits per heavy atom. The zero-order chi connectivity index (χ0) is 24.1. The monoisotopic (exact) mass is 509 g/mol. The van der Waals surface area contributed by atoms with Crippen LogP contribution in [-0.2, 0) is 16.0 Å². The highest BCUT2D eigenvalue weighted by Crippen LogP contribution is 2.33. The maximum Gasteiger partial charge on any atom is 0.320 e. The first kappa shape index (κ1) is 25.0. The molecular formula is C22H29ClN5O5P. The second-order valence-corrected chi connectivity index (χ2v) is 9.97. The number of anilines is 1. The summed E-state index contributed by atoms with van der Waals surface area (Å²) in [5.74, 6) is 0.942. The van der Waals surface area contributed by atoms with Gasteiger partial charge in [0.1, 0.15) is 12.2 Å². The molecule has 3 N–H and O–H groups in total. The standard InChI is InChI=1S/C22H29ClN5O5P/c1-14(2)11-32-22-26-20(24-9-15-4-3-5-16(23)8-15)18-10-25-28(21(18)27-22)19-7-6-17(33-19)12-31-13-34(29)30/h3-5,8,10,14,17,19,29-30H,6-7,9,11-13H2,1-2H3,(H,24,26,27). The van der Waals surface area contributed by atoms with Crippen LogP contribution in [0.15, 0.2) is 30.5 Å². The molecule has 1 saturated heterocycles. The predicted molar refractivity (Wildman–Crippen MR) is 130 cm³/mol. The van der Waals surface area contributed by atoms with E-state index in [2.05, 4.69) is 34.2 Å². The summed E-state index contributed by atoms with van der Waals surface area (Å²) in [6, 6.07) is 7.90. The van der Waals surface area contributed by atoms with Crippen molar-refractivity contribution in [2.45, 2.75) is 45.6 Å². The third-order valence-corrected chi connectivity index (χ3v) is 5.85. The van der Waals surface area contributed by atoms with E-state index >= 15 is 0 Å². The minimum atomic E-state index is -2.07. The summed E-state index contributed by atoms with van der Waals surface area (Å²) < 4.78 is 19.0. The molecule has 0 radical (unpaired) electrons. The summed E-state index contributed by atoms with van der Waals surface area (Å²) in [7, 11) is -2.07. The molecule has 10 nitrogen and oxygen atoms in total. The van der Waals surface area contributed by atoms with Gasteiger partial charge >= 0.3 is 6.01 Å². The van der Waals surface area contributed by atoms with Gasteiger partial charge in [-0.1, -0.05) is 37.6 Å². The van der Waals surface area contributed by atoms with Gasteiger partial charge in [-0.25, -0.2) is 4.68 Å². The molecule has 0 saturated carbocycles. The fraction of sp³-hybridized carbons (Fsp3) is 0.500. The molecule has 0 amide bonds. The lowest BCUT2D eigenvalue weighted by atomic mass is 10.2. The van der Waals surface area contributed by atoms with E-state index in [1.54, 1.807) is 10.9 Å². The van der Waals surface area contributed by atoms with Gasteiger partial charge in [-0.2, -0.15) is 15.1 Å². The topological polar surface area (TPSA) is 124 Å². The summed E-state index contributed by atoms with van der Waals surface area (Å²) in [5.41, 5.74) is 1.64. The van der Waals surface area contributed by atoms with Gasteiger partial charge in [-0.3, -0.25) is 0 Å². The molecule has 1 fully saturated rings. The Labute approximate surface area is 204 Å². The fourth-order valence-corrected chi connectivity index (χ4v) is 4.13. The molecule has 1 aliphatic rings. The minimum absolute atomic E-state index is 0.0873. The molecule has 4 rings (SSSR count). The van der Waals surface area contributed by atoms with E-state index in [9.17, 15) is 0 Å². The molecule has 2 aromatic heterocycles. The molecule has 184 valence electrons. The van der Waals surface area contributed by atoms with E-state index < -0.39 is 8.38 Å². The van der Waals surface area contributed by atoms with Crippen LogP contribution in [0, 0.1) is 5.92 Å². The van der Waals surface area contributed by atoms with Crippen molar-refractivity contribution in [3.63, 3.8) is 0 Å². The number of benzene rings is 1. The van der Waals surface area contributed by atoms with Crippen LogP contribution in [-0.4, -0.2) is 55.2 Å². The van der Waals surface area contributed by atoms with Crippen molar-refractivity contribution >= 4 is 36.8 Å². The van der Waals surface area contributed by atoms with Gasteiger partial charge in [-0.15, -0.1) is 0 Å². The van der Waals surface area contributed by atoms with Crippen LogP contribution in [0.5, 0.6) is 6.01 Å². The molecule has 0 aliphatic carbocycles. The highest BCUT2D eigenvalue weighted by atomic mass is 35.5. The fourth-order valence-electron chi connectivity index (χ4n) is 3.64. The van der Waals surface area contributed by atoms with Crippen LogP contribution in [0.4, 0.5) is 5.82 Å². The average molecular weight is 510 g/mol. The Hall–Kier alpha value is -2.07. The van der Waals surface area contributed by atoms with Crippen molar-refractivity contribution in [1.29, 1.82) is 0 Å². The molecule has 2 atom stereocenters. The number of aromatic nitrogens is 4. The van der Waals surface area contributed by atoms with Crippen LogP contribution in [0.25, 0.3) is 11.0 Å². The van der Waals surface area contributed by atoms with Crippen LogP contribution < -0.4 is 10.1 Å². The normalized spacial score (nSPS) is 18.3. The lowest BCUT2D eigenvalue weighted by molar-refractivity contribution is -0.0384. The quantitative estimate of drug-likeness (QED) is 0.328. The van der Waals surface area contributed by atoms with E-state index in [1.807, 2.05) is 24.3 Å².